The fourth-order valence-corrected chi connectivity index (χ4v) is 7.46. The molecule has 0 aromatic heterocycles. The summed E-state index contributed by atoms with van der Waals surface area (Å²) in [5.74, 6) is -0.641. The van der Waals surface area contributed by atoms with E-state index in [1.54, 1.807) is 12.0 Å². The van der Waals surface area contributed by atoms with Gasteiger partial charge in [-0.3, -0.25) is 14.4 Å². The molecule has 2 N–H and O–H groups in total. The molecule has 5 aliphatic rings. The van der Waals surface area contributed by atoms with Gasteiger partial charge in [0.15, 0.2) is 5.78 Å². The number of fused-ring (bicyclic) bond motifs is 1. The summed E-state index contributed by atoms with van der Waals surface area (Å²) in [4.78, 5) is 44.1. The first-order valence-corrected chi connectivity index (χ1v) is 14.1. The Balaban J connectivity index is 1.34. The Morgan fingerprint density at radius 1 is 1.08 bits per heavy atom. The highest BCUT2D eigenvalue weighted by molar-refractivity contribution is 5.99. The van der Waals surface area contributed by atoms with E-state index < -0.39 is 24.0 Å². The Bertz CT molecular complexity index is 1060. The predicted octanol–water partition coefficient (Wildman–Crippen LogP) is 2.59. The number of methoxy groups -OCH3 is 1. The van der Waals surface area contributed by atoms with E-state index in [0.717, 1.165) is 63.2 Å². The zero-order valence-electron chi connectivity index (χ0n) is 21.8. The number of ketones is 1. The second-order valence-corrected chi connectivity index (χ2v) is 11.7. The highest BCUT2D eigenvalue weighted by Crippen LogP contribution is 2.43. The lowest BCUT2D eigenvalue weighted by Crippen LogP contribution is -2.45. The Morgan fingerprint density at radius 3 is 2.46 bits per heavy atom. The standard InChI is InChI=1S/C29H39N3O5/c1-36-24-15-32(26-23(33)16-37-27(24)26)29(35)25(18-4-2-3-5-18)22-14-19(6-9-21(22)28(30)34)17-10-12-31(13-11-17)20-7-8-20/h6,9,14,17-18,20,24-27H,2-5,7-8,10-13,15-16H2,1H3,(H2,30,34)/t24-,25+,26-,27-/m1/s1. The van der Waals surface area contributed by atoms with Crippen molar-refractivity contribution in [2.24, 2.45) is 11.7 Å². The van der Waals surface area contributed by atoms with E-state index in [0.29, 0.717) is 18.0 Å². The third kappa shape index (κ3) is 4.61. The van der Waals surface area contributed by atoms with Crippen molar-refractivity contribution in [3.8, 4) is 0 Å². The van der Waals surface area contributed by atoms with E-state index in [2.05, 4.69) is 11.0 Å². The second kappa shape index (κ2) is 10.1. The van der Waals surface area contributed by atoms with Crippen molar-refractivity contribution >= 4 is 17.6 Å². The van der Waals surface area contributed by atoms with Gasteiger partial charge in [-0.1, -0.05) is 25.0 Å². The van der Waals surface area contributed by atoms with Crippen LogP contribution in [0, 0.1) is 5.92 Å². The third-order valence-corrected chi connectivity index (χ3v) is 9.60. The average molecular weight is 510 g/mol. The number of nitrogens with two attached hydrogens (primary N) is 1. The van der Waals surface area contributed by atoms with E-state index in [-0.39, 0.29) is 30.3 Å². The van der Waals surface area contributed by atoms with Crippen LogP contribution in [0.3, 0.4) is 0 Å². The van der Waals surface area contributed by atoms with Crippen molar-refractivity contribution in [2.75, 3.05) is 33.4 Å². The molecule has 0 unspecified atom stereocenters. The SMILES string of the molecule is CO[C@@H]1CN(C(=O)[C@H](c2cc(C3CCN(C4CC4)CC3)ccc2C(N)=O)C2CCCC2)[C@@H]2C(=O)CO[C@@H]21. The van der Waals surface area contributed by atoms with Gasteiger partial charge in [0.2, 0.25) is 11.8 Å². The van der Waals surface area contributed by atoms with Gasteiger partial charge in [-0.15, -0.1) is 0 Å². The number of carbonyl (C=O) groups excluding carboxylic acids is 3. The molecule has 5 fully saturated rings. The average Bonchev–Trinajstić information content (AvgIpc) is 3.30. The molecule has 2 aliphatic carbocycles. The van der Waals surface area contributed by atoms with Gasteiger partial charge in [-0.25, -0.2) is 0 Å². The first kappa shape index (κ1) is 25.0. The Hall–Kier alpha value is -2.29. The molecule has 3 aliphatic heterocycles. The van der Waals surface area contributed by atoms with Crippen LogP contribution in [-0.2, 0) is 19.1 Å². The number of hydrogen-bond donors (Lipinski definition) is 1. The minimum absolute atomic E-state index is 0.00858. The molecule has 8 heteroatoms. The molecule has 37 heavy (non-hydrogen) atoms. The quantitative estimate of drug-likeness (QED) is 0.606. The molecule has 0 bridgehead atoms. The lowest BCUT2D eigenvalue weighted by molar-refractivity contribution is -0.139. The van der Waals surface area contributed by atoms with E-state index in [9.17, 15) is 14.4 Å². The van der Waals surface area contributed by atoms with Crippen molar-refractivity contribution in [2.45, 2.75) is 87.5 Å². The van der Waals surface area contributed by atoms with Crippen LogP contribution in [0.15, 0.2) is 18.2 Å². The number of amides is 2. The van der Waals surface area contributed by atoms with Crippen LogP contribution in [0.4, 0.5) is 0 Å². The zero-order chi connectivity index (χ0) is 25.7. The molecule has 1 aromatic carbocycles. The lowest BCUT2D eigenvalue weighted by Gasteiger charge is -2.34. The molecular weight excluding hydrogens is 470 g/mol. The Kier molecular flexibility index (Phi) is 6.84. The number of rotatable bonds is 7. The van der Waals surface area contributed by atoms with Gasteiger partial charge in [-0.05, 0) is 80.6 Å². The highest BCUT2D eigenvalue weighted by Gasteiger charge is 2.54. The van der Waals surface area contributed by atoms with Crippen molar-refractivity contribution in [1.29, 1.82) is 0 Å². The van der Waals surface area contributed by atoms with Crippen molar-refractivity contribution < 1.29 is 23.9 Å². The Morgan fingerprint density at radius 2 is 1.81 bits per heavy atom. The molecule has 1 aromatic rings. The lowest BCUT2D eigenvalue weighted by atomic mass is 9.78. The normalized spacial score (nSPS) is 30.1. The largest absolute Gasteiger partial charge is 0.377 e. The summed E-state index contributed by atoms with van der Waals surface area (Å²) in [5, 5.41) is 0. The molecule has 200 valence electrons. The van der Waals surface area contributed by atoms with Crippen LogP contribution in [-0.4, -0.2) is 85.0 Å². The molecule has 0 spiro atoms. The fraction of sp³-hybridized carbons (Fsp3) is 0.690. The van der Waals surface area contributed by atoms with Crippen LogP contribution < -0.4 is 5.73 Å². The molecule has 0 radical (unpaired) electrons. The first-order valence-electron chi connectivity index (χ1n) is 14.1. The first-order chi connectivity index (χ1) is 18.0. The number of carbonyl (C=O) groups is 3. The summed E-state index contributed by atoms with van der Waals surface area (Å²) < 4.78 is 11.3. The smallest absolute Gasteiger partial charge is 0.249 e. The second-order valence-electron chi connectivity index (χ2n) is 11.7. The summed E-state index contributed by atoms with van der Waals surface area (Å²) >= 11 is 0. The number of benzene rings is 1. The topological polar surface area (TPSA) is 102 Å². The van der Waals surface area contributed by atoms with Crippen molar-refractivity contribution in [3.05, 3.63) is 34.9 Å². The van der Waals surface area contributed by atoms with Gasteiger partial charge in [0, 0.05) is 18.7 Å². The summed E-state index contributed by atoms with van der Waals surface area (Å²) in [6, 6.07) is 6.14. The molecular formula is C29H39N3O5. The highest BCUT2D eigenvalue weighted by atomic mass is 16.5. The summed E-state index contributed by atoms with van der Waals surface area (Å²) in [5.41, 5.74) is 8.25. The van der Waals surface area contributed by atoms with Crippen LogP contribution in [0.5, 0.6) is 0 Å². The number of Topliss-reactive ketones (excluding diaryl/α,β-unsaturated/α-hetero) is 1. The number of piperidine rings is 1. The van der Waals surface area contributed by atoms with E-state index in [1.165, 1.54) is 18.4 Å². The van der Waals surface area contributed by atoms with Crippen LogP contribution >= 0.6 is 0 Å². The minimum Gasteiger partial charge on any atom is -0.377 e. The van der Waals surface area contributed by atoms with E-state index in [1.807, 2.05) is 12.1 Å². The maximum Gasteiger partial charge on any atom is 0.249 e. The van der Waals surface area contributed by atoms with Gasteiger partial charge in [0.25, 0.3) is 0 Å². The number of nitrogens with zero attached hydrogens (tertiary/aromatic N) is 2. The summed E-state index contributed by atoms with van der Waals surface area (Å²) in [7, 11) is 1.60. The third-order valence-electron chi connectivity index (χ3n) is 9.60. The van der Waals surface area contributed by atoms with Gasteiger partial charge >= 0.3 is 0 Å². The van der Waals surface area contributed by atoms with Crippen LogP contribution in [0.1, 0.15) is 84.7 Å². The monoisotopic (exact) mass is 509 g/mol. The number of ether oxygens (including phenoxy) is 2. The zero-order valence-corrected chi connectivity index (χ0v) is 21.8. The fourth-order valence-electron chi connectivity index (χ4n) is 7.46. The van der Waals surface area contributed by atoms with Gasteiger partial charge in [0.05, 0.1) is 12.5 Å². The molecule has 6 rings (SSSR count). The molecule has 2 saturated carbocycles. The number of likely N-dealkylation sites (tertiary alicyclic amines) is 2. The van der Waals surface area contributed by atoms with Gasteiger partial charge in [-0.2, -0.15) is 0 Å². The predicted molar refractivity (Wildman–Crippen MR) is 137 cm³/mol. The summed E-state index contributed by atoms with van der Waals surface area (Å²) in [6.07, 6.45) is 8.05. The molecule has 3 heterocycles. The molecule has 2 amide bonds. The van der Waals surface area contributed by atoms with Crippen LogP contribution in [0.2, 0.25) is 0 Å². The van der Waals surface area contributed by atoms with Crippen LogP contribution in [0.25, 0.3) is 0 Å². The van der Waals surface area contributed by atoms with Gasteiger partial charge in [0.1, 0.15) is 24.9 Å². The maximum absolute atomic E-state index is 14.4. The minimum atomic E-state index is -0.617. The van der Waals surface area contributed by atoms with E-state index in [4.69, 9.17) is 15.2 Å². The molecule has 8 nitrogen and oxygen atoms in total. The number of hydrogen-bond acceptors (Lipinski definition) is 6. The molecule has 3 saturated heterocycles. The van der Waals surface area contributed by atoms with Crippen molar-refractivity contribution in [1.82, 2.24) is 9.80 Å². The van der Waals surface area contributed by atoms with E-state index >= 15 is 0 Å². The maximum atomic E-state index is 14.4. The van der Waals surface area contributed by atoms with Crippen molar-refractivity contribution in [3.63, 3.8) is 0 Å². The number of primary amides is 1. The molecule has 4 atom stereocenters. The van der Waals surface area contributed by atoms with Gasteiger partial charge < -0.3 is 25.0 Å². The summed E-state index contributed by atoms with van der Waals surface area (Å²) in [6.45, 7) is 2.54. The Labute approximate surface area is 218 Å².